The summed E-state index contributed by atoms with van der Waals surface area (Å²) in [4.78, 5) is 4.41. The Bertz CT molecular complexity index is 410. The number of nitrogens with two attached hydrogens (primary N) is 1. The predicted molar refractivity (Wildman–Crippen MR) is 67.7 cm³/mol. The molecule has 0 aromatic heterocycles. The van der Waals surface area contributed by atoms with Gasteiger partial charge in [-0.1, -0.05) is 0 Å². The lowest BCUT2D eigenvalue weighted by atomic mass is 10.1. The molecule has 3 nitrogen and oxygen atoms in total. The maximum Gasteiger partial charge on any atom is 0.143 e. The van der Waals surface area contributed by atoms with E-state index in [0.29, 0.717) is 10.3 Å². The van der Waals surface area contributed by atoms with Gasteiger partial charge in [-0.25, -0.2) is 10.2 Å². The van der Waals surface area contributed by atoms with Gasteiger partial charge in [-0.15, -0.1) is 0 Å². The van der Waals surface area contributed by atoms with Crippen LogP contribution in [0.15, 0.2) is 27.7 Å². The molecule has 0 radical (unpaired) electrons. The molecule has 0 saturated heterocycles. The highest BCUT2D eigenvalue weighted by molar-refractivity contribution is 9.10. The molecule has 0 aliphatic rings. The van der Waals surface area contributed by atoms with E-state index in [1.807, 2.05) is 20.8 Å². The second-order valence-corrected chi connectivity index (χ2v) is 5.26. The fourth-order valence-electron chi connectivity index (χ4n) is 1.16. The molecule has 1 aromatic carbocycles. The molecule has 5 heteroatoms. The van der Waals surface area contributed by atoms with Crippen LogP contribution in [-0.2, 0) is 0 Å². The first-order valence-electron chi connectivity index (χ1n) is 4.85. The third kappa shape index (κ3) is 3.57. The first kappa shape index (κ1) is 13.1. The minimum Gasteiger partial charge on any atom is -0.308 e. The molecule has 0 aliphatic heterocycles. The Morgan fingerprint density at radius 2 is 2.06 bits per heavy atom. The van der Waals surface area contributed by atoms with Crippen molar-refractivity contribution in [1.82, 2.24) is 5.43 Å². The van der Waals surface area contributed by atoms with E-state index in [9.17, 15) is 4.39 Å². The van der Waals surface area contributed by atoms with Crippen LogP contribution < -0.4 is 11.3 Å². The fourth-order valence-corrected chi connectivity index (χ4v) is 1.54. The molecule has 0 spiro atoms. The number of hydrazine groups is 1. The molecule has 1 rings (SSSR count). The smallest absolute Gasteiger partial charge is 0.143 e. The molecule has 0 atom stereocenters. The highest BCUT2D eigenvalue weighted by Gasteiger charge is 2.12. The Hall–Kier alpha value is -0.940. The van der Waals surface area contributed by atoms with Gasteiger partial charge in [0.05, 0.1) is 10.0 Å². The average Bonchev–Trinajstić information content (AvgIpc) is 2.17. The lowest BCUT2D eigenvalue weighted by Gasteiger charge is -2.16. The number of nitrogens with zero attached hydrogens (tertiary/aromatic N) is 1. The van der Waals surface area contributed by atoms with Gasteiger partial charge in [0, 0.05) is 5.56 Å². The molecule has 88 valence electrons. The quantitative estimate of drug-likeness (QED) is 0.361. The molecule has 0 amide bonds. The van der Waals surface area contributed by atoms with Crippen molar-refractivity contribution in [3.63, 3.8) is 0 Å². The first-order valence-corrected chi connectivity index (χ1v) is 5.64. The van der Waals surface area contributed by atoms with Crippen LogP contribution in [0.4, 0.5) is 4.39 Å². The van der Waals surface area contributed by atoms with Gasteiger partial charge in [0.2, 0.25) is 0 Å². The van der Waals surface area contributed by atoms with Crippen molar-refractivity contribution in [2.45, 2.75) is 26.3 Å². The zero-order chi connectivity index (χ0) is 12.3. The van der Waals surface area contributed by atoms with Crippen molar-refractivity contribution in [3.05, 3.63) is 34.1 Å². The molecule has 0 fully saturated rings. The summed E-state index contributed by atoms with van der Waals surface area (Å²) in [6, 6.07) is 4.64. The lowest BCUT2D eigenvalue weighted by Crippen LogP contribution is -2.33. The SMILES string of the molecule is CC(C)(C)N=C(NN)c1ccc(F)c(Br)c1. The van der Waals surface area contributed by atoms with E-state index in [-0.39, 0.29) is 11.4 Å². The summed E-state index contributed by atoms with van der Waals surface area (Å²) in [6.45, 7) is 5.88. The van der Waals surface area contributed by atoms with Crippen LogP contribution in [0.5, 0.6) is 0 Å². The molecular formula is C11H15BrFN3. The molecule has 0 bridgehead atoms. The van der Waals surface area contributed by atoms with Gasteiger partial charge in [0.15, 0.2) is 0 Å². The van der Waals surface area contributed by atoms with Crippen molar-refractivity contribution < 1.29 is 4.39 Å². The van der Waals surface area contributed by atoms with Crippen LogP contribution in [0.2, 0.25) is 0 Å². The van der Waals surface area contributed by atoms with Gasteiger partial charge >= 0.3 is 0 Å². The Morgan fingerprint density at radius 3 is 2.50 bits per heavy atom. The van der Waals surface area contributed by atoms with Gasteiger partial charge in [0.1, 0.15) is 11.7 Å². The van der Waals surface area contributed by atoms with Crippen LogP contribution in [0.1, 0.15) is 26.3 Å². The molecule has 3 N–H and O–H groups in total. The number of nitrogens with one attached hydrogen (secondary N) is 1. The largest absolute Gasteiger partial charge is 0.308 e. The first-order chi connectivity index (χ1) is 7.33. The number of benzene rings is 1. The van der Waals surface area contributed by atoms with Crippen LogP contribution in [0, 0.1) is 5.82 Å². The van der Waals surface area contributed by atoms with Crippen molar-refractivity contribution >= 4 is 21.8 Å². The number of rotatable bonds is 1. The molecular weight excluding hydrogens is 273 g/mol. The number of hydrogen-bond donors (Lipinski definition) is 2. The Labute approximate surface area is 103 Å². The van der Waals surface area contributed by atoms with Crippen LogP contribution >= 0.6 is 15.9 Å². The minimum absolute atomic E-state index is 0.247. The normalized spacial score (nSPS) is 12.8. The van der Waals surface area contributed by atoms with E-state index >= 15 is 0 Å². The van der Waals surface area contributed by atoms with Crippen molar-refractivity contribution in [1.29, 1.82) is 0 Å². The highest BCUT2D eigenvalue weighted by Crippen LogP contribution is 2.18. The number of aliphatic imine (C=N–C) groups is 1. The summed E-state index contributed by atoms with van der Waals surface area (Å²) in [7, 11) is 0. The molecule has 0 aliphatic carbocycles. The average molecular weight is 288 g/mol. The van der Waals surface area contributed by atoms with E-state index in [2.05, 4.69) is 26.3 Å². The van der Waals surface area contributed by atoms with E-state index in [1.165, 1.54) is 6.07 Å². The fraction of sp³-hybridized carbons (Fsp3) is 0.364. The zero-order valence-corrected chi connectivity index (χ0v) is 11.1. The number of amidine groups is 1. The maximum atomic E-state index is 13.1. The summed E-state index contributed by atoms with van der Waals surface area (Å²) >= 11 is 3.12. The van der Waals surface area contributed by atoms with E-state index in [4.69, 9.17) is 5.84 Å². The highest BCUT2D eigenvalue weighted by atomic mass is 79.9. The van der Waals surface area contributed by atoms with E-state index in [0.717, 1.165) is 5.56 Å². The third-order valence-electron chi connectivity index (χ3n) is 1.78. The third-order valence-corrected chi connectivity index (χ3v) is 2.38. The van der Waals surface area contributed by atoms with Crippen molar-refractivity contribution in [2.75, 3.05) is 0 Å². The summed E-state index contributed by atoms with van der Waals surface area (Å²) in [5.74, 6) is 5.64. The number of hydrogen-bond acceptors (Lipinski definition) is 2. The summed E-state index contributed by atoms with van der Waals surface area (Å²) in [5, 5.41) is 0. The van der Waals surface area contributed by atoms with Crippen LogP contribution in [0.25, 0.3) is 0 Å². The second kappa shape index (κ2) is 4.93. The minimum atomic E-state index is -0.309. The Morgan fingerprint density at radius 1 is 1.44 bits per heavy atom. The molecule has 0 heterocycles. The van der Waals surface area contributed by atoms with Gasteiger partial charge in [-0.3, -0.25) is 4.99 Å². The summed E-state index contributed by atoms with van der Waals surface area (Å²) < 4.78 is 13.5. The maximum absolute atomic E-state index is 13.1. The van der Waals surface area contributed by atoms with E-state index < -0.39 is 0 Å². The molecule has 1 aromatic rings. The zero-order valence-electron chi connectivity index (χ0n) is 9.51. The Kier molecular flexibility index (Phi) is 4.04. The second-order valence-electron chi connectivity index (χ2n) is 4.40. The molecule has 16 heavy (non-hydrogen) atoms. The Balaban J connectivity index is 3.15. The molecule has 0 saturated carbocycles. The van der Waals surface area contributed by atoms with Crippen molar-refractivity contribution in [3.8, 4) is 0 Å². The lowest BCUT2D eigenvalue weighted by molar-refractivity contribution is 0.580. The summed E-state index contributed by atoms with van der Waals surface area (Å²) in [6.07, 6.45) is 0. The molecule has 0 unspecified atom stereocenters. The number of halogens is 2. The van der Waals surface area contributed by atoms with Gasteiger partial charge in [0.25, 0.3) is 0 Å². The topological polar surface area (TPSA) is 50.4 Å². The van der Waals surface area contributed by atoms with Crippen LogP contribution in [0.3, 0.4) is 0 Å². The van der Waals surface area contributed by atoms with Crippen molar-refractivity contribution in [2.24, 2.45) is 10.8 Å². The standard InChI is InChI=1S/C11H15BrFN3/c1-11(2,3)15-10(16-14)7-4-5-9(13)8(12)6-7/h4-6H,14H2,1-3H3,(H,15,16). The predicted octanol–water partition coefficient (Wildman–Crippen LogP) is 2.60. The summed E-state index contributed by atoms with van der Waals surface area (Å²) in [5.41, 5.74) is 3.02. The van der Waals surface area contributed by atoms with Gasteiger partial charge < -0.3 is 5.43 Å². The van der Waals surface area contributed by atoms with Crippen LogP contribution in [-0.4, -0.2) is 11.4 Å². The van der Waals surface area contributed by atoms with Gasteiger partial charge in [-0.2, -0.15) is 0 Å². The van der Waals surface area contributed by atoms with E-state index in [1.54, 1.807) is 12.1 Å². The monoisotopic (exact) mass is 287 g/mol. The van der Waals surface area contributed by atoms with Gasteiger partial charge in [-0.05, 0) is 54.9 Å².